The summed E-state index contributed by atoms with van der Waals surface area (Å²) in [5.74, 6) is -1.03. The van der Waals surface area contributed by atoms with E-state index in [0.717, 1.165) is 46.4 Å². The summed E-state index contributed by atoms with van der Waals surface area (Å²) in [6, 6.07) is 7.52. The maximum absolute atomic E-state index is 12.4. The summed E-state index contributed by atoms with van der Waals surface area (Å²) in [5, 5.41) is 11.7. The molecule has 1 N–H and O–H groups in total. The van der Waals surface area contributed by atoms with Crippen LogP contribution >= 0.6 is 11.6 Å². The molecule has 0 radical (unpaired) electrons. The first-order valence-electron chi connectivity index (χ1n) is 10.6. The van der Waals surface area contributed by atoms with E-state index in [1.165, 1.54) is 0 Å². The summed E-state index contributed by atoms with van der Waals surface area (Å²) in [6.45, 7) is 14.6. The maximum atomic E-state index is 12.4. The van der Waals surface area contributed by atoms with E-state index in [1.807, 2.05) is 52.0 Å². The van der Waals surface area contributed by atoms with Crippen molar-refractivity contribution in [3.63, 3.8) is 0 Å². The number of aromatic nitrogens is 2. The predicted octanol–water partition coefficient (Wildman–Crippen LogP) is 6.63. The number of carbonyl (C=O) groups is 1. The van der Waals surface area contributed by atoms with E-state index in [0.29, 0.717) is 16.3 Å². The summed E-state index contributed by atoms with van der Waals surface area (Å²) in [7, 11) is 0. The van der Waals surface area contributed by atoms with Gasteiger partial charge in [0.1, 0.15) is 5.65 Å². The lowest BCUT2D eigenvalue weighted by molar-refractivity contribution is -0.160. The van der Waals surface area contributed by atoms with Crippen molar-refractivity contribution >= 4 is 28.6 Å². The zero-order chi connectivity index (χ0) is 23.1. The fourth-order valence-corrected chi connectivity index (χ4v) is 4.24. The Morgan fingerprint density at radius 1 is 1.19 bits per heavy atom. The fourth-order valence-electron chi connectivity index (χ4n) is 4.12. The summed E-state index contributed by atoms with van der Waals surface area (Å²) in [6.07, 6.45) is -0.162. The van der Waals surface area contributed by atoms with Crippen LogP contribution in [0.1, 0.15) is 62.7 Å². The molecule has 0 spiro atoms. The number of rotatable bonds is 6. The predicted molar refractivity (Wildman–Crippen MR) is 126 cm³/mol. The molecular formula is C25H31ClN2O3. The topological polar surface area (TPSA) is 64.3 Å². The highest BCUT2D eigenvalue weighted by molar-refractivity contribution is 6.30. The molecule has 3 rings (SSSR count). The Labute approximate surface area is 189 Å². The third-order valence-electron chi connectivity index (χ3n) is 5.52. The molecule has 0 bridgehead atoms. The van der Waals surface area contributed by atoms with Crippen molar-refractivity contribution in [2.24, 2.45) is 0 Å². The highest BCUT2D eigenvalue weighted by Crippen LogP contribution is 2.42. The van der Waals surface area contributed by atoms with Crippen molar-refractivity contribution in [1.82, 2.24) is 9.55 Å². The standard InChI is InChI=1S/C25H31ClN2O3/c1-8-13-28-16(4)14(2)19-21(17-9-11-18(26)12-10-17)20(15(3)27-23(19)28)22(24(29)30)31-25(5,6)7/h9-12,22H,8,13H2,1-7H3,(H,29,30). The largest absolute Gasteiger partial charge is 0.479 e. The van der Waals surface area contributed by atoms with E-state index >= 15 is 0 Å². The van der Waals surface area contributed by atoms with Crippen molar-refractivity contribution in [1.29, 1.82) is 0 Å². The van der Waals surface area contributed by atoms with Crippen LogP contribution in [0.5, 0.6) is 0 Å². The number of carboxylic acid groups (broad SMARTS) is 1. The first kappa shape index (κ1) is 23.3. The van der Waals surface area contributed by atoms with Gasteiger partial charge < -0.3 is 14.4 Å². The average Bonchev–Trinajstić information content (AvgIpc) is 2.90. The van der Waals surface area contributed by atoms with Gasteiger partial charge in [-0.05, 0) is 71.2 Å². The Kier molecular flexibility index (Phi) is 6.49. The van der Waals surface area contributed by atoms with Crippen LogP contribution in [0.15, 0.2) is 24.3 Å². The summed E-state index contributed by atoms with van der Waals surface area (Å²) < 4.78 is 8.28. The SMILES string of the molecule is CCCn1c(C)c(C)c2c(-c3ccc(Cl)cc3)c(C(OC(C)(C)C)C(=O)O)c(C)nc21. The Morgan fingerprint density at radius 3 is 2.32 bits per heavy atom. The lowest BCUT2D eigenvalue weighted by Crippen LogP contribution is -2.28. The number of halogens is 1. The van der Waals surface area contributed by atoms with Crippen LogP contribution in [0.2, 0.25) is 5.02 Å². The van der Waals surface area contributed by atoms with Crippen LogP contribution < -0.4 is 0 Å². The van der Waals surface area contributed by atoms with E-state index in [9.17, 15) is 9.90 Å². The van der Waals surface area contributed by atoms with Gasteiger partial charge in [0.25, 0.3) is 0 Å². The smallest absolute Gasteiger partial charge is 0.337 e. The molecule has 0 aliphatic heterocycles. The molecule has 6 heteroatoms. The van der Waals surface area contributed by atoms with Gasteiger partial charge in [0.05, 0.1) is 5.60 Å². The molecule has 0 fully saturated rings. The van der Waals surface area contributed by atoms with Crippen molar-refractivity contribution in [3.8, 4) is 11.1 Å². The molecule has 1 aromatic carbocycles. The van der Waals surface area contributed by atoms with E-state index in [-0.39, 0.29) is 0 Å². The quantitative estimate of drug-likeness (QED) is 0.465. The lowest BCUT2D eigenvalue weighted by atomic mass is 9.91. The third-order valence-corrected chi connectivity index (χ3v) is 5.77. The minimum atomic E-state index is -1.14. The van der Waals surface area contributed by atoms with Gasteiger partial charge in [-0.15, -0.1) is 0 Å². The summed E-state index contributed by atoms with van der Waals surface area (Å²) in [4.78, 5) is 17.3. The van der Waals surface area contributed by atoms with Crippen molar-refractivity contribution in [2.75, 3.05) is 0 Å². The van der Waals surface area contributed by atoms with Crippen molar-refractivity contribution in [2.45, 2.75) is 73.1 Å². The molecule has 166 valence electrons. The van der Waals surface area contributed by atoms with Crippen LogP contribution in [0.4, 0.5) is 0 Å². The van der Waals surface area contributed by atoms with Crippen LogP contribution in [0.25, 0.3) is 22.2 Å². The minimum absolute atomic E-state index is 0.592. The van der Waals surface area contributed by atoms with Crippen LogP contribution in [0, 0.1) is 20.8 Å². The van der Waals surface area contributed by atoms with Crippen LogP contribution in [0.3, 0.4) is 0 Å². The van der Waals surface area contributed by atoms with Crippen molar-refractivity contribution in [3.05, 3.63) is 51.8 Å². The number of hydrogen-bond acceptors (Lipinski definition) is 3. The highest BCUT2D eigenvalue weighted by Gasteiger charge is 2.33. The van der Waals surface area contributed by atoms with Crippen LogP contribution in [-0.4, -0.2) is 26.2 Å². The molecule has 0 saturated carbocycles. The van der Waals surface area contributed by atoms with E-state index in [4.69, 9.17) is 21.3 Å². The van der Waals surface area contributed by atoms with Gasteiger partial charge in [0.15, 0.2) is 6.10 Å². The molecular weight excluding hydrogens is 412 g/mol. The van der Waals surface area contributed by atoms with Gasteiger partial charge in [-0.2, -0.15) is 0 Å². The van der Waals surface area contributed by atoms with E-state index in [1.54, 1.807) is 0 Å². The Bertz CT molecular complexity index is 1120. The van der Waals surface area contributed by atoms with Crippen molar-refractivity contribution < 1.29 is 14.6 Å². The first-order chi connectivity index (χ1) is 14.5. The molecule has 0 aliphatic carbocycles. The monoisotopic (exact) mass is 442 g/mol. The van der Waals surface area contributed by atoms with E-state index in [2.05, 4.69) is 25.3 Å². The molecule has 5 nitrogen and oxygen atoms in total. The molecule has 1 atom stereocenters. The normalized spacial score (nSPS) is 13.0. The Hall–Kier alpha value is -2.37. The second kappa shape index (κ2) is 8.64. The summed E-state index contributed by atoms with van der Waals surface area (Å²) in [5.41, 5.74) is 5.48. The number of carboxylic acids is 1. The second-order valence-electron chi connectivity index (χ2n) is 9.00. The number of aryl methyl sites for hydroxylation is 3. The summed E-state index contributed by atoms with van der Waals surface area (Å²) >= 11 is 6.16. The average molecular weight is 443 g/mol. The van der Waals surface area contributed by atoms with Gasteiger partial charge in [-0.1, -0.05) is 30.7 Å². The number of ether oxygens (including phenoxy) is 1. The first-order valence-corrected chi connectivity index (χ1v) is 11.0. The molecule has 2 heterocycles. The molecule has 31 heavy (non-hydrogen) atoms. The van der Waals surface area contributed by atoms with Gasteiger partial charge in [0, 0.05) is 39.5 Å². The molecule has 2 aromatic heterocycles. The zero-order valence-corrected chi connectivity index (χ0v) is 20.1. The van der Waals surface area contributed by atoms with Gasteiger partial charge in [0.2, 0.25) is 0 Å². The van der Waals surface area contributed by atoms with Gasteiger partial charge >= 0.3 is 5.97 Å². The zero-order valence-electron chi connectivity index (χ0n) is 19.3. The lowest BCUT2D eigenvalue weighted by Gasteiger charge is -2.28. The molecule has 3 aromatic rings. The minimum Gasteiger partial charge on any atom is -0.479 e. The van der Waals surface area contributed by atoms with Crippen LogP contribution in [-0.2, 0) is 16.1 Å². The fraction of sp³-hybridized carbons (Fsp3) is 0.440. The molecule has 0 saturated heterocycles. The van der Waals surface area contributed by atoms with E-state index < -0.39 is 17.7 Å². The number of pyridine rings is 1. The number of fused-ring (bicyclic) bond motifs is 1. The van der Waals surface area contributed by atoms with Gasteiger partial charge in [-0.25, -0.2) is 9.78 Å². The number of aliphatic carboxylic acids is 1. The Morgan fingerprint density at radius 2 is 1.81 bits per heavy atom. The molecule has 0 aliphatic rings. The number of benzene rings is 1. The molecule has 0 amide bonds. The maximum Gasteiger partial charge on any atom is 0.337 e. The second-order valence-corrected chi connectivity index (χ2v) is 9.44. The number of nitrogens with zero attached hydrogens (tertiary/aromatic N) is 2. The molecule has 1 unspecified atom stereocenters. The highest BCUT2D eigenvalue weighted by atomic mass is 35.5. The Balaban J connectivity index is 2.48. The van der Waals surface area contributed by atoms with Gasteiger partial charge in [-0.3, -0.25) is 0 Å². The third kappa shape index (κ3) is 4.48. The number of hydrogen-bond donors (Lipinski definition) is 1.